The van der Waals surface area contributed by atoms with Crippen molar-refractivity contribution in [2.75, 3.05) is 19.0 Å². The molecular formula is C13H20N2. The normalized spacial score (nSPS) is 17.2. The van der Waals surface area contributed by atoms with Crippen molar-refractivity contribution >= 4 is 5.69 Å². The monoisotopic (exact) mass is 204 g/mol. The highest BCUT2D eigenvalue weighted by molar-refractivity contribution is 5.41. The van der Waals surface area contributed by atoms with E-state index in [1.54, 1.807) is 0 Å². The highest BCUT2D eigenvalue weighted by atomic mass is 15.5. The predicted octanol–water partition coefficient (Wildman–Crippen LogP) is 3.14. The van der Waals surface area contributed by atoms with E-state index in [4.69, 9.17) is 0 Å². The van der Waals surface area contributed by atoms with Gasteiger partial charge in [0.1, 0.15) is 0 Å². The fourth-order valence-electron chi connectivity index (χ4n) is 2.36. The first-order valence-corrected chi connectivity index (χ1v) is 5.87. The number of hydrogen-bond acceptors (Lipinski definition) is 2. The molecule has 1 saturated carbocycles. The molecule has 1 aromatic carbocycles. The fraction of sp³-hybridized carbons (Fsp3) is 0.538. The first-order chi connectivity index (χ1) is 7.34. The van der Waals surface area contributed by atoms with Crippen molar-refractivity contribution in [1.29, 1.82) is 0 Å². The standard InChI is InChI=1S/C13H20N2/c1-15(11-12-7-5-6-8-12)14-13-9-3-2-4-10-13/h2-4,9-10,12,14H,5-8,11H2,1H3. The maximum absolute atomic E-state index is 3.40. The zero-order valence-corrected chi connectivity index (χ0v) is 9.45. The van der Waals surface area contributed by atoms with E-state index in [9.17, 15) is 0 Å². The van der Waals surface area contributed by atoms with Gasteiger partial charge in [-0.2, -0.15) is 0 Å². The summed E-state index contributed by atoms with van der Waals surface area (Å²) in [6.07, 6.45) is 5.65. The molecule has 0 bridgehead atoms. The molecule has 1 aliphatic carbocycles. The van der Waals surface area contributed by atoms with Gasteiger partial charge in [-0.15, -0.1) is 0 Å². The summed E-state index contributed by atoms with van der Waals surface area (Å²) in [5, 5.41) is 2.21. The molecular weight excluding hydrogens is 184 g/mol. The van der Waals surface area contributed by atoms with Crippen LogP contribution in [0.25, 0.3) is 0 Å². The van der Waals surface area contributed by atoms with Gasteiger partial charge in [0.05, 0.1) is 0 Å². The molecule has 0 amide bonds. The van der Waals surface area contributed by atoms with Crippen molar-refractivity contribution in [3.63, 3.8) is 0 Å². The average Bonchev–Trinajstić information content (AvgIpc) is 2.71. The number of hydrazine groups is 1. The van der Waals surface area contributed by atoms with Crippen molar-refractivity contribution in [3.05, 3.63) is 30.3 Å². The predicted molar refractivity (Wildman–Crippen MR) is 64.7 cm³/mol. The van der Waals surface area contributed by atoms with Crippen LogP contribution in [0, 0.1) is 5.92 Å². The molecule has 0 atom stereocenters. The summed E-state index contributed by atoms with van der Waals surface area (Å²) in [4.78, 5) is 0. The van der Waals surface area contributed by atoms with Crippen molar-refractivity contribution in [3.8, 4) is 0 Å². The first kappa shape index (κ1) is 10.5. The second kappa shape index (κ2) is 5.17. The minimum Gasteiger partial charge on any atom is -0.319 e. The molecule has 2 nitrogen and oxygen atoms in total. The van der Waals surface area contributed by atoms with Gasteiger partial charge < -0.3 is 5.43 Å². The Labute approximate surface area is 92.3 Å². The highest BCUT2D eigenvalue weighted by Gasteiger charge is 2.16. The molecule has 82 valence electrons. The second-order valence-electron chi connectivity index (χ2n) is 4.51. The summed E-state index contributed by atoms with van der Waals surface area (Å²) in [7, 11) is 2.13. The van der Waals surface area contributed by atoms with E-state index in [0.29, 0.717) is 0 Å². The third-order valence-corrected chi connectivity index (χ3v) is 3.10. The molecule has 0 radical (unpaired) electrons. The maximum Gasteiger partial charge on any atom is 0.0489 e. The van der Waals surface area contributed by atoms with Crippen LogP contribution in [0.2, 0.25) is 0 Å². The van der Waals surface area contributed by atoms with Crippen LogP contribution in [0.5, 0.6) is 0 Å². The molecule has 1 N–H and O–H groups in total. The quantitative estimate of drug-likeness (QED) is 0.758. The Morgan fingerprint density at radius 3 is 2.53 bits per heavy atom. The molecule has 2 heteroatoms. The summed E-state index contributed by atoms with van der Waals surface area (Å²) in [6.45, 7) is 1.16. The molecule has 1 aromatic rings. The Balaban J connectivity index is 1.79. The molecule has 1 fully saturated rings. The third-order valence-electron chi connectivity index (χ3n) is 3.10. The van der Waals surface area contributed by atoms with Gasteiger partial charge >= 0.3 is 0 Å². The van der Waals surface area contributed by atoms with Gasteiger partial charge in [0.25, 0.3) is 0 Å². The van der Waals surface area contributed by atoms with Gasteiger partial charge in [-0.25, -0.2) is 5.01 Å². The van der Waals surface area contributed by atoms with E-state index in [1.807, 2.05) is 6.07 Å². The van der Waals surface area contributed by atoms with Gasteiger partial charge in [0.2, 0.25) is 0 Å². The Bertz CT molecular complexity index is 278. The molecule has 0 unspecified atom stereocenters. The highest BCUT2D eigenvalue weighted by Crippen LogP contribution is 2.25. The Hall–Kier alpha value is -1.02. The zero-order valence-electron chi connectivity index (χ0n) is 9.45. The number of rotatable bonds is 4. The molecule has 0 aromatic heterocycles. The lowest BCUT2D eigenvalue weighted by Gasteiger charge is -2.22. The average molecular weight is 204 g/mol. The van der Waals surface area contributed by atoms with E-state index >= 15 is 0 Å². The molecule has 1 aliphatic rings. The topological polar surface area (TPSA) is 15.3 Å². The largest absolute Gasteiger partial charge is 0.319 e. The first-order valence-electron chi connectivity index (χ1n) is 5.87. The second-order valence-corrected chi connectivity index (χ2v) is 4.51. The van der Waals surface area contributed by atoms with E-state index in [-0.39, 0.29) is 0 Å². The van der Waals surface area contributed by atoms with Gasteiger partial charge in [-0.3, -0.25) is 0 Å². The van der Waals surface area contributed by atoms with Crippen LogP contribution in [0.15, 0.2) is 30.3 Å². The van der Waals surface area contributed by atoms with Crippen molar-refractivity contribution < 1.29 is 0 Å². The number of para-hydroxylation sites is 1. The van der Waals surface area contributed by atoms with Crippen LogP contribution in [0.3, 0.4) is 0 Å². The van der Waals surface area contributed by atoms with Crippen LogP contribution in [-0.4, -0.2) is 18.6 Å². The summed E-state index contributed by atoms with van der Waals surface area (Å²) >= 11 is 0. The molecule has 0 aliphatic heterocycles. The molecule has 2 rings (SSSR count). The fourth-order valence-corrected chi connectivity index (χ4v) is 2.36. The van der Waals surface area contributed by atoms with Gasteiger partial charge in [-0.05, 0) is 30.9 Å². The van der Waals surface area contributed by atoms with E-state index in [1.165, 1.54) is 31.4 Å². The lowest BCUT2D eigenvalue weighted by Crippen LogP contribution is -2.30. The SMILES string of the molecule is CN(CC1CCCC1)Nc1ccccc1. The summed E-state index contributed by atoms with van der Waals surface area (Å²) in [5.41, 5.74) is 4.58. The summed E-state index contributed by atoms with van der Waals surface area (Å²) in [6, 6.07) is 10.4. The smallest absolute Gasteiger partial charge is 0.0489 e. The van der Waals surface area contributed by atoms with Gasteiger partial charge in [-0.1, -0.05) is 31.0 Å². The minimum atomic E-state index is 0.895. The van der Waals surface area contributed by atoms with E-state index in [2.05, 4.69) is 41.7 Å². The van der Waals surface area contributed by atoms with Crippen LogP contribution in [0.4, 0.5) is 5.69 Å². The van der Waals surface area contributed by atoms with Crippen molar-refractivity contribution in [2.45, 2.75) is 25.7 Å². The van der Waals surface area contributed by atoms with Crippen LogP contribution in [0.1, 0.15) is 25.7 Å². The molecule has 0 spiro atoms. The van der Waals surface area contributed by atoms with Crippen LogP contribution >= 0.6 is 0 Å². The maximum atomic E-state index is 3.40. The number of benzene rings is 1. The van der Waals surface area contributed by atoms with E-state index in [0.717, 1.165) is 12.5 Å². The number of anilines is 1. The number of nitrogens with zero attached hydrogens (tertiary/aromatic N) is 1. The third kappa shape index (κ3) is 3.24. The summed E-state index contributed by atoms with van der Waals surface area (Å²) < 4.78 is 0. The van der Waals surface area contributed by atoms with Crippen LogP contribution in [-0.2, 0) is 0 Å². The van der Waals surface area contributed by atoms with Crippen LogP contribution < -0.4 is 5.43 Å². The van der Waals surface area contributed by atoms with E-state index < -0.39 is 0 Å². The number of nitrogens with one attached hydrogen (secondary N) is 1. The summed E-state index contributed by atoms with van der Waals surface area (Å²) in [5.74, 6) is 0.895. The Morgan fingerprint density at radius 2 is 1.87 bits per heavy atom. The van der Waals surface area contributed by atoms with Gasteiger partial charge in [0.15, 0.2) is 0 Å². The molecule has 15 heavy (non-hydrogen) atoms. The molecule has 0 heterocycles. The van der Waals surface area contributed by atoms with Crippen molar-refractivity contribution in [2.24, 2.45) is 5.92 Å². The Morgan fingerprint density at radius 1 is 1.20 bits per heavy atom. The molecule has 0 saturated heterocycles. The van der Waals surface area contributed by atoms with Gasteiger partial charge in [0, 0.05) is 19.3 Å². The van der Waals surface area contributed by atoms with Crippen molar-refractivity contribution in [1.82, 2.24) is 5.01 Å². The zero-order chi connectivity index (χ0) is 10.5. The lowest BCUT2D eigenvalue weighted by atomic mass is 10.1. The Kier molecular flexibility index (Phi) is 3.62. The number of hydrogen-bond donors (Lipinski definition) is 1. The minimum absolute atomic E-state index is 0.895. The lowest BCUT2D eigenvalue weighted by molar-refractivity contribution is 0.324.